The first kappa shape index (κ1) is 8.47. The topological polar surface area (TPSA) is 17.1 Å². The molecule has 2 nitrogen and oxygen atoms in total. The molecule has 0 bridgehead atoms. The summed E-state index contributed by atoms with van der Waals surface area (Å²) in [6, 6.07) is 0. The molecule has 0 atom stereocenters. The van der Waals surface area contributed by atoms with E-state index in [1.54, 1.807) is 0 Å². The highest BCUT2D eigenvalue weighted by atomic mass is 16.1. The Morgan fingerprint density at radius 1 is 1.36 bits per heavy atom. The summed E-state index contributed by atoms with van der Waals surface area (Å²) < 4.78 is 0.666. The Labute approximate surface area is 68.1 Å². The van der Waals surface area contributed by atoms with E-state index in [1.165, 1.54) is 0 Å². The van der Waals surface area contributed by atoms with Gasteiger partial charge in [-0.1, -0.05) is 0 Å². The van der Waals surface area contributed by atoms with Crippen molar-refractivity contribution in [2.75, 3.05) is 21.1 Å². The van der Waals surface area contributed by atoms with Gasteiger partial charge in [0, 0.05) is 6.42 Å². The number of hydrogen-bond donors (Lipinski definition) is 0. The highest BCUT2D eigenvalue weighted by molar-refractivity contribution is 5.93. The molecule has 0 spiro atoms. The lowest BCUT2D eigenvalue weighted by atomic mass is 10.0. The fraction of sp³-hybridized carbons (Fsp3) is 0.667. The van der Waals surface area contributed by atoms with E-state index in [1.807, 2.05) is 21.1 Å². The van der Waals surface area contributed by atoms with Crippen molar-refractivity contribution in [1.82, 2.24) is 0 Å². The second-order valence-electron chi connectivity index (χ2n) is 3.92. The first-order chi connectivity index (χ1) is 5.02. The monoisotopic (exact) mass is 154 g/mol. The number of Topliss-reactive ketones (excluding diaryl/α,β-unsaturated/α-hetero) is 1. The normalized spacial score (nSPS) is 19.9. The largest absolute Gasteiger partial charge is 0.296 e. The summed E-state index contributed by atoms with van der Waals surface area (Å²) >= 11 is 0. The third-order valence-electron chi connectivity index (χ3n) is 1.95. The van der Waals surface area contributed by atoms with E-state index in [4.69, 9.17) is 0 Å². The van der Waals surface area contributed by atoms with Crippen molar-refractivity contribution in [1.29, 1.82) is 0 Å². The molecule has 0 fully saturated rings. The van der Waals surface area contributed by atoms with E-state index in [-0.39, 0.29) is 0 Å². The number of carbonyl (C=O) groups excluding carboxylic acids is 1. The lowest BCUT2D eigenvalue weighted by Crippen LogP contribution is -2.38. The molecule has 62 valence electrons. The SMILES string of the molecule is C[N+](C)(C)C1=CCCCC1=O. The predicted octanol–water partition coefficient (Wildman–Crippen LogP) is 1.33. The molecule has 1 aliphatic carbocycles. The van der Waals surface area contributed by atoms with Gasteiger partial charge in [0.1, 0.15) is 0 Å². The minimum absolute atomic E-state index is 0.323. The van der Waals surface area contributed by atoms with Gasteiger partial charge < -0.3 is 0 Å². The van der Waals surface area contributed by atoms with Crippen molar-refractivity contribution in [3.05, 3.63) is 11.8 Å². The molecule has 0 N–H and O–H groups in total. The number of carbonyl (C=O) groups is 1. The number of ketones is 1. The molecule has 11 heavy (non-hydrogen) atoms. The summed E-state index contributed by atoms with van der Waals surface area (Å²) in [5.74, 6) is 0.323. The maximum Gasteiger partial charge on any atom is 0.215 e. The third kappa shape index (κ3) is 1.90. The third-order valence-corrected chi connectivity index (χ3v) is 1.95. The minimum atomic E-state index is 0.323. The van der Waals surface area contributed by atoms with Crippen LogP contribution in [0.15, 0.2) is 11.8 Å². The van der Waals surface area contributed by atoms with Crippen LogP contribution in [0.4, 0.5) is 0 Å². The van der Waals surface area contributed by atoms with Gasteiger partial charge in [0.15, 0.2) is 5.70 Å². The summed E-state index contributed by atoms with van der Waals surface area (Å²) in [5.41, 5.74) is 0.969. The van der Waals surface area contributed by atoms with Crippen molar-refractivity contribution >= 4 is 5.78 Å². The average Bonchev–Trinajstić information content (AvgIpc) is 1.86. The van der Waals surface area contributed by atoms with Crippen molar-refractivity contribution in [3.63, 3.8) is 0 Å². The molecule has 2 heteroatoms. The molecule has 0 radical (unpaired) electrons. The van der Waals surface area contributed by atoms with Crippen LogP contribution in [-0.2, 0) is 4.79 Å². The lowest BCUT2D eigenvalue weighted by molar-refractivity contribution is -0.826. The van der Waals surface area contributed by atoms with Gasteiger partial charge in [-0.15, -0.1) is 0 Å². The summed E-state index contributed by atoms with van der Waals surface area (Å²) in [6.07, 6.45) is 4.91. The van der Waals surface area contributed by atoms with Crippen LogP contribution in [0.1, 0.15) is 19.3 Å². The van der Waals surface area contributed by atoms with Crippen LogP contribution in [0.2, 0.25) is 0 Å². The molecule has 0 saturated heterocycles. The first-order valence-electron chi connectivity index (χ1n) is 4.07. The van der Waals surface area contributed by atoms with Gasteiger partial charge in [0.05, 0.1) is 21.1 Å². The van der Waals surface area contributed by atoms with Gasteiger partial charge in [0.25, 0.3) is 0 Å². The Bertz CT molecular complexity index is 198. The van der Waals surface area contributed by atoms with E-state index in [9.17, 15) is 4.79 Å². The predicted molar refractivity (Wildman–Crippen MR) is 45.0 cm³/mol. The smallest absolute Gasteiger partial charge is 0.215 e. The van der Waals surface area contributed by atoms with E-state index >= 15 is 0 Å². The Hall–Kier alpha value is -0.630. The fourth-order valence-electron chi connectivity index (χ4n) is 1.39. The summed E-state index contributed by atoms with van der Waals surface area (Å²) in [5, 5.41) is 0. The molecule has 1 aliphatic rings. The van der Waals surface area contributed by atoms with Crippen LogP contribution >= 0.6 is 0 Å². The standard InChI is InChI=1S/C9H16NO/c1-10(2,3)8-6-4-5-7-9(8)11/h6H,4-5,7H2,1-3H3/q+1. The van der Waals surface area contributed by atoms with Crippen molar-refractivity contribution < 1.29 is 9.28 Å². The first-order valence-corrected chi connectivity index (χ1v) is 4.07. The zero-order valence-corrected chi connectivity index (χ0v) is 7.55. The lowest BCUT2D eigenvalue weighted by Gasteiger charge is -2.27. The Morgan fingerprint density at radius 2 is 2.00 bits per heavy atom. The zero-order valence-electron chi connectivity index (χ0n) is 7.55. The van der Waals surface area contributed by atoms with Crippen LogP contribution in [0.5, 0.6) is 0 Å². The maximum atomic E-state index is 11.4. The molecule has 1 rings (SSSR count). The van der Waals surface area contributed by atoms with Gasteiger partial charge >= 0.3 is 0 Å². The number of allylic oxidation sites excluding steroid dienone is 2. The zero-order chi connectivity index (χ0) is 8.48. The van der Waals surface area contributed by atoms with Crippen LogP contribution < -0.4 is 0 Å². The molecule has 0 unspecified atom stereocenters. The van der Waals surface area contributed by atoms with Gasteiger partial charge in [-0.05, 0) is 18.9 Å². The number of hydrogen-bond acceptors (Lipinski definition) is 1. The van der Waals surface area contributed by atoms with Crippen LogP contribution in [0, 0.1) is 0 Å². The van der Waals surface area contributed by atoms with E-state index in [2.05, 4.69) is 6.08 Å². The van der Waals surface area contributed by atoms with Crippen LogP contribution in [-0.4, -0.2) is 31.4 Å². The number of rotatable bonds is 1. The molecule has 0 aromatic carbocycles. The van der Waals surface area contributed by atoms with Crippen LogP contribution in [0.25, 0.3) is 0 Å². The van der Waals surface area contributed by atoms with Gasteiger partial charge in [-0.2, -0.15) is 0 Å². The molecule has 0 heterocycles. The van der Waals surface area contributed by atoms with Gasteiger partial charge in [-0.3, -0.25) is 9.28 Å². The van der Waals surface area contributed by atoms with E-state index in [0.717, 1.165) is 25.0 Å². The van der Waals surface area contributed by atoms with Gasteiger partial charge in [0.2, 0.25) is 5.78 Å². The molecular weight excluding hydrogens is 138 g/mol. The van der Waals surface area contributed by atoms with E-state index < -0.39 is 0 Å². The second-order valence-corrected chi connectivity index (χ2v) is 3.92. The highest BCUT2D eigenvalue weighted by Gasteiger charge is 2.25. The Balaban J connectivity index is 2.85. The van der Waals surface area contributed by atoms with E-state index in [0.29, 0.717) is 10.3 Å². The average molecular weight is 154 g/mol. The summed E-state index contributed by atoms with van der Waals surface area (Å²) in [7, 11) is 6.11. The molecule has 0 amide bonds. The number of nitrogens with zero attached hydrogens (tertiary/aromatic N) is 1. The Kier molecular flexibility index (Phi) is 2.14. The molecule has 0 aromatic heterocycles. The van der Waals surface area contributed by atoms with Gasteiger partial charge in [-0.25, -0.2) is 0 Å². The van der Waals surface area contributed by atoms with Crippen molar-refractivity contribution in [2.24, 2.45) is 0 Å². The second kappa shape index (κ2) is 2.78. The minimum Gasteiger partial charge on any atom is -0.296 e. The molecule has 0 aromatic rings. The number of likely N-dealkylation sites (N-methyl/N-ethyl adjacent to an activating group) is 1. The number of quaternary nitrogens is 1. The molecule has 0 saturated carbocycles. The molecule has 0 aliphatic heterocycles. The summed E-state index contributed by atoms with van der Waals surface area (Å²) in [6.45, 7) is 0. The fourth-order valence-corrected chi connectivity index (χ4v) is 1.39. The van der Waals surface area contributed by atoms with Crippen molar-refractivity contribution in [2.45, 2.75) is 19.3 Å². The molecular formula is C9H16NO+. The van der Waals surface area contributed by atoms with Crippen LogP contribution in [0.3, 0.4) is 0 Å². The highest BCUT2D eigenvalue weighted by Crippen LogP contribution is 2.19. The quantitative estimate of drug-likeness (QED) is 0.521. The Morgan fingerprint density at radius 3 is 2.36 bits per heavy atom. The van der Waals surface area contributed by atoms with Crippen molar-refractivity contribution in [3.8, 4) is 0 Å². The summed E-state index contributed by atoms with van der Waals surface area (Å²) in [4.78, 5) is 11.4. The maximum absolute atomic E-state index is 11.4.